The van der Waals surface area contributed by atoms with Gasteiger partial charge in [-0.25, -0.2) is 0 Å². The van der Waals surface area contributed by atoms with Gasteiger partial charge in [0.2, 0.25) is 0 Å². The van der Waals surface area contributed by atoms with Crippen LogP contribution >= 0.6 is 0 Å². The molecule has 3 rings (SSSR count). The largest absolute Gasteiger partial charge is 0.481 e. The van der Waals surface area contributed by atoms with E-state index < -0.39 is 11.9 Å². The molecule has 2 N–H and O–H groups in total. The molecular weight excluding hydrogens is 208 g/mol. The molecular formula is C12H14O4. The first kappa shape index (κ1) is 9.87. The van der Waals surface area contributed by atoms with Crippen molar-refractivity contribution in [2.24, 2.45) is 29.6 Å². The molecule has 4 heteroatoms. The Morgan fingerprint density at radius 1 is 1.12 bits per heavy atom. The average molecular weight is 222 g/mol. The van der Waals surface area contributed by atoms with Gasteiger partial charge in [0.05, 0.1) is 11.8 Å². The lowest BCUT2D eigenvalue weighted by Crippen LogP contribution is -2.26. The van der Waals surface area contributed by atoms with E-state index in [1.165, 1.54) is 5.57 Å². The van der Waals surface area contributed by atoms with Crippen LogP contribution in [0.4, 0.5) is 0 Å². The van der Waals surface area contributed by atoms with Gasteiger partial charge in [-0.2, -0.15) is 0 Å². The molecule has 0 aromatic carbocycles. The second-order valence-corrected chi connectivity index (χ2v) is 5.25. The molecule has 0 aromatic rings. The van der Waals surface area contributed by atoms with Crippen molar-refractivity contribution in [2.45, 2.75) is 19.3 Å². The Labute approximate surface area is 93.0 Å². The molecule has 3 aliphatic carbocycles. The number of carbonyl (C=O) groups is 2. The Bertz CT molecular complexity index is 398. The fourth-order valence-electron chi connectivity index (χ4n) is 3.94. The molecule has 0 spiro atoms. The number of carboxylic acids is 2. The van der Waals surface area contributed by atoms with E-state index in [0.717, 1.165) is 6.42 Å². The number of allylic oxidation sites excluding steroid dienone is 1. The lowest BCUT2D eigenvalue weighted by Gasteiger charge is -2.24. The van der Waals surface area contributed by atoms with E-state index in [0.29, 0.717) is 24.7 Å². The van der Waals surface area contributed by atoms with Crippen molar-refractivity contribution in [2.75, 3.05) is 0 Å². The molecule has 3 aliphatic rings. The lowest BCUT2D eigenvalue weighted by molar-refractivity contribution is -0.142. The normalized spacial score (nSPS) is 44.2. The van der Waals surface area contributed by atoms with E-state index in [-0.39, 0.29) is 17.8 Å². The maximum atomic E-state index is 11.0. The van der Waals surface area contributed by atoms with Gasteiger partial charge in [-0.1, -0.05) is 11.6 Å². The van der Waals surface area contributed by atoms with Gasteiger partial charge in [0, 0.05) is 0 Å². The molecule has 16 heavy (non-hydrogen) atoms. The number of carboxylic acid groups (broad SMARTS) is 2. The van der Waals surface area contributed by atoms with Crippen LogP contribution in [0.2, 0.25) is 0 Å². The molecule has 0 aliphatic heterocycles. The molecule has 0 amide bonds. The highest BCUT2D eigenvalue weighted by Crippen LogP contribution is 2.59. The maximum absolute atomic E-state index is 11.0. The van der Waals surface area contributed by atoms with Gasteiger partial charge in [-0.05, 0) is 37.0 Å². The topological polar surface area (TPSA) is 74.6 Å². The van der Waals surface area contributed by atoms with Crippen molar-refractivity contribution >= 4 is 11.9 Å². The minimum absolute atomic E-state index is 0.168. The molecule has 4 nitrogen and oxygen atoms in total. The molecule has 2 fully saturated rings. The van der Waals surface area contributed by atoms with Crippen LogP contribution in [0.15, 0.2) is 11.6 Å². The Morgan fingerprint density at radius 3 is 2.50 bits per heavy atom. The minimum Gasteiger partial charge on any atom is -0.481 e. The quantitative estimate of drug-likeness (QED) is 0.692. The zero-order chi connectivity index (χ0) is 11.4. The first-order valence-corrected chi connectivity index (χ1v) is 5.74. The Morgan fingerprint density at radius 2 is 1.88 bits per heavy atom. The highest BCUT2D eigenvalue weighted by atomic mass is 16.4. The van der Waals surface area contributed by atoms with E-state index >= 15 is 0 Å². The Hall–Kier alpha value is -1.32. The summed E-state index contributed by atoms with van der Waals surface area (Å²) in [6.07, 6.45) is 4.15. The summed E-state index contributed by atoms with van der Waals surface area (Å²) < 4.78 is 0. The monoisotopic (exact) mass is 222 g/mol. The number of hydrogen-bond donors (Lipinski definition) is 2. The van der Waals surface area contributed by atoms with Crippen molar-refractivity contribution in [3.05, 3.63) is 11.6 Å². The van der Waals surface area contributed by atoms with Gasteiger partial charge in [0.25, 0.3) is 0 Å². The van der Waals surface area contributed by atoms with Crippen LogP contribution in [0.25, 0.3) is 0 Å². The summed E-state index contributed by atoms with van der Waals surface area (Å²) >= 11 is 0. The zero-order valence-electron chi connectivity index (χ0n) is 8.80. The molecule has 5 unspecified atom stereocenters. The molecule has 0 aromatic heterocycles. The third kappa shape index (κ3) is 1.16. The predicted octanol–water partition coefficient (Wildman–Crippen LogP) is 1.37. The molecule has 5 atom stereocenters. The number of aliphatic carboxylic acids is 2. The smallest absolute Gasteiger partial charge is 0.310 e. The third-order valence-electron chi connectivity index (χ3n) is 4.60. The minimum atomic E-state index is -0.753. The maximum Gasteiger partial charge on any atom is 0.310 e. The molecule has 86 valence electrons. The van der Waals surface area contributed by atoms with E-state index in [9.17, 15) is 9.59 Å². The summed E-state index contributed by atoms with van der Waals surface area (Å²) in [7, 11) is 0. The number of rotatable bonds is 2. The standard InChI is InChI=1S/C12H14O4/c13-11(14)6-3-7-5-1-9(8(7)4-6)10(2-5)12(15)16/h2,6-10H,1,3-4H2,(H,13,14)(H,15,16). The fraction of sp³-hybridized carbons (Fsp3) is 0.667. The fourth-order valence-corrected chi connectivity index (χ4v) is 3.94. The molecule has 0 saturated heterocycles. The molecule has 2 bridgehead atoms. The molecule has 0 radical (unpaired) electrons. The first-order valence-electron chi connectivity index (χ1n) is 5.74. The summed E-state index contributed by atoms with van der Waals surface area (Å²) in [6.45, 7) is 0. The summed E-state index contributed by atoms with van der Waals surface area (Å²) in [5.41, 5.74) is 1.21. The van der Waals surface area contributed by atoms with E-state index in [1.54, 1.807) is 0 Å². The SMILES string of the molecule is O=C(O)C1CC2C3=CC(C(=O)O)C(C3)C2C1. The van der Waals surface area contributed by atoms with Crippen molar-refractivity contribution in [3.8, 4) is 0 Å². The number of hydrogen-bond acceptors (Lipinski definition) is 2. The summed E-state index contributed by atoms with van der Waals surface area (Å²) in [5, 5.41) is 18.1. The van der Waals surface area contributed by atoms with Crippen molar-refractivity contribution in [1.29, 1.82) is 0 Å². The van der Waals surface area contributed by atoms with Gasteiger partial charge >= 0.3 is 11.9 Å². The van der Waals surface area contributed by atoms with Gasteiger partial charge in [0.1, 0.15) is 0 Å². The average Bonchev–Trinajstić information content (AvgIpc) is 2.87. The second-order valence-electron chi connectivity index (χ2n) is 5.25. The van der Waals surface area contributed by atoms with Gasteiger partial charge in [-0.3, -0.25) is 9.59 Å². The zero-order valence-corrected chi connectivity index (χ0v) is 8.80. The predicted molar refractivity (Wildman–Crippen MR) is 54.7 cm³/mol. The van der Waals surface area contributed by atoms with E-state index in [2.05, 4.69) is 0 Å². The Kier molecular flexibility index (Phi) is 1.91. The van der Waals surface area contributed by atoms with Crippen molar-refractivity contribution in [1.82, 2.24) is 0 Å². The highest BCUT2D eigenvalue weighted by molar-refractivity contribution is 5.75. The van der Waals surface area contributed by atoms with Crippen LogP contribution in [-0.2, 0) is 9.59 Å². The molecule has 0 heterocycles. The van der Waals surface area contributed by atoms with Crippen LogP contribution in [0.3, 0.4) is 0 Å². The van der Waals surface area contributed by atoms with Crippen molar-refractivity contribution < 1.29 is 19.8 Å². The van der Waals surface area contributed by atoms with Crippen LogP contribution in [-0.4, -0.2) is 22.2 Å². The van der Waals surface area contributed by atoms with Crippen LogP contribution in [0.5, 0.6) is 0 Å². The summed E-state index contributed by atoms with van der Waals surface area (Å²) in [5.74, 6) is -1.25. The van der Waals surface area contributed by atoms with Crippen LogP contribution < -0.4 is 0 Å². The first-order chi connectivity index (χ1) is 7.58. The van der Waals surface area contributed by atoms with Crippen LogP contribution in [0, 0.1) is 29.6 Å². The summed E-state index contributed by atoms with van der Waals surface area (Å²) in [4.78, 5) is 22.0. The highest BCUT2D eigenvalue weighted by Gasteiger charge is 2.54. The Balaban J connectivity index is 1.85. The van der Waals surface area contributed by atoms with Gasteiger partial charge in [-0.15, -0.1) is 0 Å². The third-order valence-corrected chi connectivity index (χ3v) is 4.60. The van der Waals surface area contributed by atoms with E-state index in [4.69, 9.17) is 10.2 Å². The number of fused-ring (bicyclic) bond motifs is 5. The summed E-state index contributed by atoms with van der Waals surface area (Å²) in [6, 6.07) is 0. The molecule has 2 saturated carbocycles. The lowest BCUT2D eigenvalue weighted by atomic mass is 9.80. The second kappa shape index (κ2) is 3.09. The van der Waals surface area contributed by atoms with Gasteiger partial charge < -0.3 is 10.2 Å². The van der Waals surface area contributed by atoms with Gasteiger partial charge in [0.15, 0.2) is 0 Å². The van der Waals surface area contributed by atoms with Crippen LogP contribution in [0.1, 0.15) is 19.3 Å². The van der Waals surface area contributed by atoms with E-state index in [1.807, 2.05) is 6.08 Å². The van der Waals surface area contributed by atoms with Crippen molar-refractivity contribution in [3.63, 3.8) is 0 Å².